The molecule has 0 radical (unpaired) electrons. The number of aliphatic hydroxyl groups excluding tert-OH is 4. The predicted molar refractivity (Wildman–Crippen MR) is 77.3 cm³/mol. The van der Waals surface area contributed by atoms with Crippen LogP contribution in [0.15, 0.2) is 18.5 Å². The first kappa shape index (κ1) is 17.8. The van der Waals surface area contributed by atoms with E-state index >= 15 is 0 Å². The molecule has 1 aromatic heterocycles. The number of fused-ring (bicyclic) bond motifs is 1. The SMILES string of the molecule is Clc1cc2nc[nH]c2cc1Cl.O=CC(O)C(O)C(O)CO. The molecule has 0 aliphatic rings. The number of aromatic amines is 1. The van der Waals surface area contributed by atoms with E-state index in [-0.39, 0.29) is 6.29 Å². The van der Waals surface area contributed by atoms with Crippen molar-refractivity contribution < 1.29 is 25.2 Å². The van der Waals surface area contributed by atoms with Gasteiger partial charge in [0.2, 0.25) is 0 Å². The molecule has 0 aliphatic carbocycles. The Morgan fingerprint density at radius 3 is 2.43 bits per heavy atom. The van der Waals surface area contributed by atoms with Gasteiger partial charge in [0, 0.05) is 0 Å². The summed E-state index contributed by atoms with van der Waals surface area (Å²) in [4.78, 5) is 16.7. The summed E-state index contributed by atoms with van der Waals surface area (Å²) in [7, 11) is 0. The third-order valence-corrected chi connectivity index (χ3v) is 3.26. The predicted octanol–water partition coefficient (Wildman–Crippen LogP) is 0.130. The van der Waals surface area contributed by atoms with Gasteiger partial charge in [-0.1, -0.05) is 23.2 Å². The highest BCUT2D eigenvalue weighted by Gasteiger charge is 2.22. The van der Waals surface area contributed by atoms with Gasteiger partial charge in [0.05, 0.1) is 34.0 Å². The number of halogens is 2. The summed E-state index contributed by atoms with van der Waals surface area (Å²) in [6, 6.07) is 3.49. The van der Waals surface area contributed by atoms with Crippen LogP contribution in [-0.2, 0) is 4.79 Å². The minimum absolute atomic E-state index is 0.0869. The fraction of sp³-hybridized carbons (Fsp3) is 0.333. The van der Waals surface area contributed by atoms with E-state index in [9.17, 15) is 4.79 Å². The first-order valence-corrected chi connectivity index (χ1v) is 6.54. The van der Waals surface area contributed by atoms with Crippen molar-refractivity contribution in [1.29, 1.82) is 0 Å². The van der Waals surface area contributed by atoms with Crippen LogP contribution in [0.2, 0.25) is 10.0 Å². The van der Waals surface area contributed by atoms with Gasteiger partial charge in [-0.05, 0) is 12.1 Å². The zero-order valence-electron chi connectivity index (χ0n) is 10.6. The van der Waals surface area contributed by atoms with Gasteiger partial charge in [-0.2, -0.15) is 0 Å². The molecule has 0 bridgehead atoms. The van der Waals surface area contributed by atoms with Gasteiger partial charge in [-0.25, -0.2) is 4.98 Å². The molecular weight excluding hydrogens is 323 g/mol. The maximum Gasteiger partial charge on any atom is 0.151 e. The zero-order chi connectivity index (χ0) is 16.0. The molecule has 1 aromatic carbocycles. The number of hydrogen-bond acceptors (Lipinski definition) is 6. The molecule has 0 saturated heterocycles. The largest absolute Gasteiger partial charge is 0.394 e. The molecular formula is C12H14Cl2N2O5. The third-order valence-electron chi connectivity index (χ3n) is 2.53. The van der Waals surface area contributed by atoms with E-state index in [1.807, 2.05) is 0 Å². The molecule has 116 valence electrons. The van der Waals surface area contributed by atoms with Gasteiger partial charge in [-0.3, -0.25) is 0 Å². The lowest BCUT2D eigenvalue weighted by Crippen LogP contribution is -2.40. The van der Waals surface area contributed by atoms with E-state index in [0.717, 1.165) is 11.0 Å². The van der Waals surface area contributed by atoms with Crippen LogP contribution < -0.4 is 0 Å². The molecule has 0 saturated carbocycles. The summed E-state index contributed by atoms with van der Waals surface area (Å²) >= 11 is 11.5. The monoisotopic (exact) mass is 336 g/mol. The molecule has 9 heteroatoms. The van der Waals surface area contributed by atoms with E-state index < -0.39 is 24.9 Å². The van der Waals surface area contributed by atoms with E-state index in [1.165, 1.54) is 0 Å². The topological polar surface area (TPSA) is 127 Å². The average molecular weight is 337 g/mol. The Hall–Kier alpha value is -1.22. The number of rotatable bonds is 4. The Balaban J connectivity index is 0.000000212. The highest BCUT2D eigenvalue weighted by atomic mass is 35.5. The third kappa shape index (κ3) is 4.92. The molecule has 1 heterocycles. The smallest absolute Gasteiger partial charge is 0.151 e. The minimum Gasteiger partial charge on any atom is -0.394 e. The molecule has 0 amide bonds. The minimum atomic E-state index is -1.64. The van der Waals surface area contributed by atoms with Gasteiger partial charge in [0.15, 0.2) is 6.29 Å². The van der Waals surface area contributed by atoms with E-state index in [0.29, 0.717) is 10.0 Å². The maximum atomic E-state index is 9.76. The standard InChI is InChI=1S/C7H4Cl2N2.C5H10O5/c8-4-1-6-7(2-5(4)9)11-3-10-6;6-1-3(8)5(10)4(9)2-7/h1-3H,(H,10,11);1,3-5,7-10H,2H2. The highest BCUT2D eigenvalue weighted by Crippen LogP contribution is 2.25. The van der Waals surface area contributed by atoms with Crippen LogP contribution in [0.3, 0.4) is 0 Å². The molecule has 2 rings (SSSR count). The van der Waals surface area contributed by atoms with Gasteiger partial charge < -0.3 is 30.2 Å². The summed E-state index contributed by atoms with van der Waals surface area (Å²) in [5, 5.41) is 35.1. The molecule has 3 unspecified atom stereocenters. The summed E-state index contributed by atoms with van der Waals surface area (Å²) in [6.07, 6.45) is -3.02. The van der Waals surface area contributed by atoms with Crippen molar-refractivity contribution in [3.05, 3.63) is 28.5 Å². The summed E-state index contributed by atoms with van der Waals surface area (Å²) < 4.78 is 0. The maximum absolute atomic E-state index is 9.76. The number of imidazole rings is 1. The van der Waals surface area contributed by atoms with Crippen LogP contribution in [-0.4, -0.2) is 61.6 Å². The van der Waals surface area contributed by atoms with Crippen molar-refractivity contribution >= 4 is 40.5 Å². The van der Waals surface area contributed by atoms with Gasteiger partial charge in [0.25, 0.3) is 0 Å². The second kappa shape index (κ2) is 8.28. The number of benzene rings is 1. The molecule has 0 fully saturated rings. The first-order valence-electron chi connectivity index (χ1n) is 5.79. The zero-order valence-corrected chi connectivity index (χ0v) is 12.2. The Morgan fingerprint density at radius 1 is 1.24 bits per heavy atom. The first-order chi connectivity index (χ1) is 9.90. The molecule has 5 N–H and O–H groups in total. The molecule has 3 atom stereocenters. The summed E-state index contributed by atoms with van der Waals surface area (Å²) in [6.45, 7) is -0.688. The molecule has 0 spiro atoms. The van der Waals surface area contributed by atoms with Gasteiger partial charge in [0.1, 0.15) is 18.3 Å². The lowest BCUT2D eigenvalue weighted by Gasteiger charge is -2.16. The number of aldehydes is 1. The van der Waals surface area contributed by atoms with E-state index in [1.54, 1.807) is 18.5 Å². The van der Waals surface area contributed by atoms with Crippen molar-refractivity contribution in [2.24, 2.45) is 0 Å². The number of nitrogens with one attached hydrogen (secondary N) is 1. The fourth-order valence-corrected chi connectivity index (χ4v) is 1.67. The quantitative estimate of drug-likeness (QED) is 0.505. The van der Waals surface area contributed by atoms with E-state index in [4.69, 9.17) is 43.6 Å². The molecule has 0 aliphatic heterocycles. The van der Waals surface area contributed by atoms with Crippen molar-refractivity contribution in [3.63, 3.8) is 0 Å². The Morgan fingerprint density at radius 2 is 1.86 bits per heavy atom. The number of nitrogens with zero attached hydrogens (tertiary/aromatic N) is 1. The Bertz CT molecular complexity index is 556. The number of aliphatic hydroxyl groups is 4. The average Bonchev–Trinajstić information content (AvgIpc) is 2.93. The highest BCUT2D eigenvalue weighted by molar-refractivity contribution is 6.42. The second-order valence-corrected chi connectivity index (χ2v) is 4.87. The molecule has 2 aromatic rings. The van der Waals surface area contributed by atoms with Gasteiger partial charge in [-0.15, -0.1) is 0 Å². The van der Waals surface area contributed by atoms with E-state index in [2.05, 4.69) is 9.97 Å². The summed E-state index contributed by atoms with van der Waals surface area (Å²) in [5.74, 6) is 0. The van der Waals surface area contributed by atoms with Gasteiger partial charge >= 0.3 is 0 Å². The van der Waals surface area contributed by atoms with Crippen LogP contribution in [0.1, 0.15) is 0 Å². The Labute approximate surface area is 129 Å². The number of H-pyrrole nitrogens is 1. The van der Waals surface area contributed by atoms with Crippen LogP contribution in [0, 0.1) is 0 Å². The van der Waals surface area contributed by atoms with Crippen LogP contribution in [0.4, 0.5) is 0 Å². The normalized spacial score (nSPS) is 15.0. The van der Waals surface area contributed by atoms with Crippen LogP contribution in [0.25, 0.3) is 11.0 Å². The second-order valence-electron chi connectivity index (χ2n) is 4.05. The van der Waals surface area contributed by atoms with Crippen LogP contribution in [0.5, 0.6) is 0 Å². The molecule has 7 nitrogen and oxygen atoms in total. The van der Waals surface area contributed by atoms with Crippen molar-refractivity contribution in [2.75, 3.05) is 6.61 Å². The fourth-order valence-electron chi connectivity index (χ4n) is 1.35. The van der Waals surface area contributed by atoms with Crippen LogP contribution >= 0.6 is 23.2 Å². The number of aromatic nitrogens is 2. The number of carbonyl (C=O) groups excluding carboxylic acids is 1. The Kier molecular flexibility index (Phi) is 7.03. The summed E-state index contributed by atoms with van der Waals surface area (Å²) in [5.41, 5.74) is 1.74. The van der Waals surface area contributed by atoms with Crippen molar-refractivity contribution in [1.82, 2.24) is 9.97 Å². The van der Waals surface area contributed by atoms with Crippen molar-refractivity contribution in [3.8, 4) is 0 Å². The lowest BCUT2D eigenvalue weighted by molar-refractivity contribution is -0.127. The van der Waals surface area contributed by atoms with Crippen molar-refractivity contribution in [2.45, 2.75) is 18.3 Å². The number of carbonyl (C=O) groups is 1. The number of hydrogen-bond donors (Lipinski definition) is 5. The lowest BCUT2D eigenvalue weighted by atomic mass is 10.1. The molecule has 21 heavy (non-hydrogen) atoms.